The summed E-state index contributed by atoms with van der Waals surface area (Å²) in [6.45, 7) is 2.33. The fourth-order valence-corrected chi connectivity index (χ4v) is 3.44. The monoisotopic (exact) mass is 269 g/mol. The maximum Gasteiger partial charge on any atom is 0.248 e. The van der Waals surface area contributed by atoms with Crippen molar-refractivity contribution in [3.63, 3.8) is 0 Å². The van der Waals surface area contributed by atoms with Crippen molar-refractivity contribution in [3.8, 4) is 0 Å². The van der Waals surface area contributed by atoms with Gasteiger partial charge in [0, 0.05) is 23.9 Å². The maximum absolute atomic E-state index is 11.8. The zero-order valence-corrected chi connectivity index (χ0v) is 11.4. The number of aromatic nitrogens is 1. The van der Waals surface area contributed by atoms with Crippen molar-refractivity contribution in [2.75, 3.05) is 18.9 Å². The Balaban J connectivity index is 2.12. The number of anilines is 1. The molecule has 1 aromatic heterocycles. The van der Waals surface area contributed by atoms with Gasteiger partial charge in [-0.15, -0.1) is 11.3 Å². The number of nitrogens with zero attached hydrogens (tertiary/aromatic N) is 2. The van der Waals surface area contributed by atoms with Crippen LogP contribution in [0.3, 0.4) is 0 Å². The molecule has 3 N–H and O–H groups in total. The van der Waals surface area contributed by atoms with Crippen LogP contribution in [0.4, 0.5) is 5.13 Å². The fraction of sp³-hybridized carbons (Fsp3) is 0.667. The van der Waals surface area contributed by atoms with Gasteiger partial charge in [0.25, 0.3) is 0 Å². The number of rotatable bonds is 4. The van der Waals surface area contributed by atoms with E-state index in [4.69, 9.17) is 10.8 Å². The second kappa shape index (κ2) is 5.67. The number of aliphatic hydroxyl groups is 1. The van der Waals surface area contributed by atoms with Crippen molar-refractivity contribution < 1.29 is 9.90 Å². The molecule has 5 nitrogen and oxygen atoms in total. The molecule has 1 aliphatic rings. The maximum atomic E-state index is 11.8. The highest BCUT2D eigenvalue weighted by molar-refractivity contribution is 7.15. The van der Waals surface area contributed by atoms with E-state index in [1.54, 1.807) is 4.90 Å². The van der Waals surface area contributed by atoms with Crippen LogP contribution in [-0.2, 0) is 17.6 Å². The molecule has 0 aromatic carbocycles. The minimum atomic E-state index is -0.409. The molecule has 0 saturated carbocycles. The molecule has 100 valence electrons. The predicted molar refractivity (Wildman–Crippen MR) is 71.4 cm³/mol. The van der Waals surface area contributed by atoms with E-state index in [1.165, 1.54) is 16.2 Å². The highest BCUT2D eigenvalue weighted by Gasteiger charge is 2.28. The Hall–Kier alpha value is -1.14. The lowest BCUT2D eigenvalue weighted by molar-refractivity contribution is -0.136. The van der Waals surface area contributed by atoms with E-state index in [-0.39, 0.29) is 11.9 Å². The molecule has 2 rings (SSSR count). The molecule has 1 amide bonds. The third kappa shape index (κ3) is 2.64. The molecule has 18 heavy (non-hydrogen) atoms. The molecule has 0 fully saturated rings. The van der Waals surface area contributed by atoms with Crippen LogP contribution in [0.5, 0.6) is 0 Å². The summed E-state index contributed by atoms with van der Waals surface area (Å²) in [7, 11) is 0. The first-order valence-corrected chi connectivity index (χ1v) is 7.11. The van der Waals surface area contributed by atoms with Gasteiger partial charge in [0.1, 0.15) is 6.61 Å². The summed E-state index contributed by atoms with van der Waals surface area (Å²) in [5.74, 6) is -0.178. The van der Waals surface area contributed by atoms with Gasteiger partial charge >= 0.3 is 0 Å². The van der Waals surface area contributed by atoms with Gasteiger partial charge in [-0.25, -0.2) is 4.98 Å². The van der Waals surface area contributed by atoms with E-state index >= 15 is 0 Å². The molecule has 1 heterocycles. The molecule has 6 heteroatoms. The van der Waals surface area contributed by atoms with Gasteiger partial charge < -0.3 is 15.7 Å². The number of nitrogen functional groups attached to an aromatic ring is 1. The van der Waals surface area contributed by atoms with Gasteiger partial charge in [0.2, 0.25) is 5.91 Å². The van der Waals surface area contributed by atoms with E-state index in [0.717, 1.165) is 31.4 Å². The molecule has 0 saturated heterocycles. The Labute approximate surface area is 111 Å². The minimum absolute atomic E-state index is 0.178. The largest absolute Gasteiger partial charge is 0.387 e. The summed E-state index contributed by atoms with van der Waals surface area (Å²) in [5, 5.41) is 9.65. The Morgan fingerprint density at radius 2 is 2.44 bits per heavy atom. The fourth-order valence-electron chi connectivity index (χ4n) is 2.49. The SMILES string of the molecule is CCCN(C(=O)CO)C1CCc2nc(N)sc2C1. The molecule has 1 aromatic rings. The summed E-state index contributed by atoms with van der Waals surface area (Å²) in [4.78, 5) is 19.1. The van der Waals surface area contributed by atoms with Crippen molar-refractivity contribution in [2.45, 2.75) is 38.6 Å². The van der Waals surface area contributed by atoms with Crippen molar-refractivity contribution in [3.05, 3.63) is 10.6 Å². The van der Waals surface area contributed by atoms with Crippen LogP contribution in [0.2, 0.25) is 0 Å². The van der Waals surface area contributed by atoms with E-state index in [1.807, 2.05) is 6.92 Å². The average molecular weight is 269 g/mol. The van der Waals surface area contributed by atoms with Gasteiger partial charge in [-0.05, 0) is 19.3 Å². The number of aryl methyl sites for hydroxylation is 1. The van der Waals surface area contributed by atoms with E-state index < -0.39 is 6.61 Å². The Kier molecular flexibility index (Phi) is 4.19. The number of thiazole rings is 1. The van der Waals surface area contributed by atoms with Crippen LogP contribution in [-0.4, -0.2) is 40.1 Å². The van der Waals surface area contributed by atoms with Crippen LogP contribution in [0.25, 0.3) is 0 Å². The molecule has 0 bridgehead atoms. The van der Waals surface area contributed by atoms with Gasteiger partial charge in [-0.2, -0.15) is 0 Å². The molecular formula is C12H19N3O2S. The third-order valence-electron chi connectivity index (χ3n) is 3.29. The first-order valence-electron chi connectivity index (χ1n) is 6.30. The highest BCUT2D eigenvalue weighted by atomic mass is 32.1. The summed E-state index contributed by atoms with van der Waals surface area (Å²) in [6.07, 6.45) is 3.49. The van der Waals surface area contributed by atoms with Gasteiger partial charge in [-0.3, -0.25) is 4.79 Å². The zero-order valence-electron chi connectivity index (χ0n) is 10.6. The lowest BCUT2D eigenvalue weighted by Crippen LogP contribution is -2.44. The first kappa shape index (κ1) is 13.3. The summed E-state index contributed by atoms with van der Waals surface area (Å²) in [6, 6.07) is 0.178. The average Bonchev–Trinajstić information content (AvgIpc) is 2.74. The number of hydrogen-bond acceptors (Lipinski definition) is 5. The number of aliphatic hydroxyl groups excluding tert-OH is 1. The van der Waals surface area contributed by atoms with Crippen LogP contribution in [0, 0.1) is 0 Å². The second-order valence-electron chi connectivity index (χ2n) is 4.56. The molecular weight excluding hydrogens is 250 g/mol. The van der Waals surface area contributed by atoms with Crippen molar-refractivity contribution >= 4 is 22.4 Å². The Bertz CT molecular complexity index is 433. The smallest absolute Gasteiger partial charge is 0.248 e. The number of fused-ring (bicyclic) bond motifs is 1. The standard InChI is InChI=1S/C12H19N3O2S/c1-2-5-15(11(17)7-16)8-3-4-9-10(6-8)18-12(13)14-9/h8,16H,2-7H2,1H3,(H2,13,14). The van der Waals surface area contributed by atoms with Gasteiger partial charge in [0.05, 0.1) is 5.69 Å². The predicted octanol–water partition coefficient (Wildman–Crippen LogP) is 0.814. The van der Waals surface area contributed by atoms with Gasteiger partial charge in [0.15, 0.2) is 5.13 Å². The number of hydrogen-bond donors (Lipinski definition) is 2. The molecule has 1 aliphatic carbocycles. The molecule has 0 radical (unpaired) electrons. The molecule has 0 spiro atoms. The number of nitrogens with two attached hydrogens (primary N) is 1. The second-order valence-corrected chi connectivity index (χ2v) is 5.68. The lowest BCUT2D eigenvalue weighted by Gasteiger charge is -2.33. The third-order valence-corrected chi connectivity index (χ3v) is 4.24. The van der Waals surface area contributed by atoms with Crippen molar-refractivity contribution in [2.24, 2.45) is 0 Å². The van der Waals surface area contributed by atoms with Crippen LogP contribution >= 0.6 is 11.3 Å². The number of carbonyl (C=O) groups excluding carboxylic acids is 1. The molecule has 1 atom stereocenters. The quantitative estimate of drug-likeness (QED) is 0.848. The topological polar surface area (TPSA) is 79.5 Å². The van der Waals surface area contributed by atoms with Crippen molar-refractivity contribution in [1.82, 2.24) is 9.88 Å². The number of carbonyl (C=O) groups is 1. The minimum Gasteiger partial charge on any atom is -0.387 e. The van der Waals surface area contributed by atoms with Crippen LogP contribution in [0.1, 0.15) is 30.3 Å². The summed E-state index contributed by atoms with van der Waals surface area (Å²) < 4.78 is 0. The highest BCUT2D eigenvalue weighted by Crippen LogP contribution is 2.30. The normalized spacial score (nSPS) is 18.4. The van der Waals surface area contributed by atoms with Crippen molar-refractivity contribution in [1.29, 1.82) is 0 Å². The Morgan fingerprint density at radius 1 is 1.67 bits per heavy atom. The van der Waals surface area contributed by atoms with Crippen LogP contribution in [0.15, 0.2) is 0 Å². The zero-order chi connectivity index (χ0) is 13.1. The summed E-state index contributed by atoms with van der Waals surface area (Å²) in [5.41, 5.74) is 6.80. The molecule has 1 unspecified atom stereocenters. The lowest BCUT2D eigenvalue weighted by atomic mass is 9.96. The first-order chi connectivity index (χ1) is 8.65. The number of amides is 1. The van der Waals surface area contributed by atoms with E-state index in [0.29, 0.717) is 11.7 Å². The molecule has 0 aliphatic heterocycles. The van der Waals surface area contributed by atoms with Gasteiger partial charge in [-0.1, -0.05) is 6.92 Å². The van der Waals surface area contributed by atoms with Crippen LogP contribution < -0.4 is 5.73 Å². The Morgan fingerprint density at radius 3 is 3.11 bits per heavy atom. The van der Waals surface area contributed by atoms with E-state index in [9.17, 15) is 4.79 Å². The van der Waals surface area contributed by atoms with E-state index in [2.05, 4.69) is 4.98 Å². The summed E-state index contributed by atoms with van der Waals surface area (Å²) >= 11 is 1.51.